The fourth-order valence-electron chi connectivity index (χ4n) is 2.58. The van der Waals surface area contributed by atoms with Crippen molar-refractivity contribution in [1.82, 2.24) is 10.3 Å². The van der Waals surface area contributed by atoms with E-state index in [0.717, 1.165) is 49.5 Å². The minimum absolute atomic E-state index is 0.154. The van der Waals surface area contributed by atoms with Gasteiger partial charge in [-0.2, -0.15) is 0 Å². The summed E-state index contributed by atoms with van der Waals surface area (Å²) in [7, 11) is 0. The molecule has 1 aliphatic carbocycles. The van der Waals surface area contributed by atoms with Crippen molar-refractivity contribution in [2.45, 2.75) is 39.2 Å². The third-order valence-corrected chi connectivity index (χ3v) is 4.63. The lowest BCUT2D eigenvalue weighted by molar-refractivity contribution is -0.142. The van der Waals surface area contributed by atoms with E-state index in [2.05, 4.69) is 22.6 Å². The first-order chi connectivity index (χ1) is 8.70. The van der Waals surface area contributed by atoms with Gasteiger partial charge >= 0.3 is 5.97 Å². The fourth-order valence-corrected chi connectivity index (χ4v) is 3.33. The molecule has 0 radical (unpaired) electrons. The summed E-state index contributed by atoms with van der Waals surface area (Å²) in [4.78, 5) is 15.5. The topological polar surface area (TPSA) is 62.2 Å². The smallest absolute Gasteiger partial charge is 0.306 e. The average Bonchev–Trinajstić information content (AvgIpc) is 2.97. The number of rotatable bonds is 6. The molecule has 0 bridgehead atoms. The Morgan fingerprint density at radius 2 is 2.44 bits per heavy atom. The Morgan fingerprint density at radius 3 is 3.11 bits per heavy atom. The number of carboxylic acids is 1. The molecule has 1 heterocycles. The van der Waals surface area contributed by atoms with Crippen LogP contribution in [0.1, 0.15) is 36.9 Å². The largest absolute Gasteiger partial charge is 0.481 e. The van der Waals surface area contributed by atoms with Gasteiger partial charge in [0, 0.05) is 11.9 Å². The number of hydrogen-bond donors (Lipinski definition) is 2. The summed E-state index contributed by atoms with van der Waals surface area (Å²) in [5.74, 6) is -0.507. The molecular weight excluding hydrogens is 248 g/mol. The maximum absolute atomic E-state index is 11.0. The molecule has 18 heavy (non-hydrogen) atoms. The molecule has 5 heteroatoms. The van der Waals surface area contributed by atoms with Crippen LogP contribution >= 0.6 is 11.3 Å². The van der Waals surface area contributed by atoms with E-state index in [9.17, 15) is 4.79 Å². The monoisotopic (exact) mass is 268 g/mol. The molecule has 4 nitrogen and oxygen atoms in total. The Morgan fingerprint density at radius 1 is 1.61 bits per heavy atom. The zero-order valence-corrected chi connectivity index (χ0v) is 11.5. The van der Waals surface area contributed by atoms with E-state index in [4.69, 9.17) is 5.11 Å². The first-order valence-electron chi connectivity index (χ1n) is 6.57. The SMILES string of the molecule is CCc1nc(CNCC2CCCC2C(=O)O)cs1. The first kappa shape index (κ1) is 13.5. The van der Waals surface area contributed by atoms with Crippen LogP contribution in [0.25, 0.3) is 0 Å². The lowest BCUT2D eigenvalue weighted by Crippen LogP contribution is -2.28. The molecule has 2 rings (SSSR count). The average molecular weight is 268 g/mol. The predicted octanol–water partition coefficient (Wildman–Crippen LogP) is 2.30. The molecule has 2 atom stereocenters. The van der Waals surface area contributed by atoms with Crippen LogP contribution in [0.5, 0.6) is 0 Å². The molecule has 0 spiro atoms. The van der Waals surface area contributed by atoms with Crippen LogP contribution in [0.2, 0.25) is 0 Å². The highest BCUT2D eigenvalue weighted by molar-refractivity contribution is 7.09. The van der Waals surface area contributed by atoms with Gasteiger partial charge < -0.3 is 10.4 Å². The standard InChI is InChI=1S/C13H20N2O2S/c1-2-12-15-10(8-18-12)7-14-6-9-4-3-5-11(9)13(16)17/h8-9,11,14H,2-7H2,1H3,(H,16,17). The van der Waals surface area contributed by atoms with Gasteiger partial charge in [0.05, 0.1) is 16.6 Å². The quantitative estimate of drug-likeness (QED) is 0.831. The van der Waals surface area contributed by atoms with Gasteiger partial charge in [0.25, 0.3) is 0 Å². The normalized spacial score (nSPS) is 23.4. The third-order valence-electron chi connectivity index (χ3n) is 3.59. The van der Waals surface area contributed by atoms with Gasteiger partial charge in [0.15, 0.2) is 0 Å². The molecule has 2 unspecified atom stereocenters. The van der Waals surface area contributed by atoms with Crippen molar-refractivity contribution >= 4 is 17.3 Å². The van der Waals surface area contributed by atoms with Crippen LogP contribution in [-0.4, -0.2) is 22.6 Å². The van der Waals surface area contributed by atoms with E-state index < -0.39 is 5.97 Å². The number of carbonyl (C=O) groups is 1. The van der Waals surface area contributed by atoms with Gasteiger partial charge in [-0.25, -0.2) is 4.98 Å². The van der Waals surface area contributed by atoms with Crippen LogP contribution in [0.15, 0.2) is 5.38 Å². The second-order valence-corrected chi connectivity index (χ2v) is 5.80. The van der Waals surface area contributed by atoms with Gasteiger partial charge in [-0.3, -0.25) is 4.79 Å². The summed E-state index contributed by atoms with van der Waals surface area (Å²) in [6.45, 7) is 3.64. The van der Waals surface area contributed by atoms with E-state index in [1.165, 1.54) is 0 Å². The van der Waals surface area contributed by atoms with Crippen molar-refractivity contribution in [2.75, 3.05) is 6.54 Å². The number of nitrogens with zero attached hydrogens (tertiary/aromatic N) is 1. The Kier molecular flexibility index (Phi) is 4.72. The van der Waals surface area contributed by atoms with Gasteiger partial charge in [-0.05, 0) is 31.7 Å². The van der Waals surface area contributed by atoms with E-state index in [0.29, 0.717) is 0 Å². The summed E-state index contributed by atoms with van der Waals surface area (Å²) in [5, 5.41) is 15.7. The third kappa shape index (κ3) is 3.29. The van der Waals surface area contributed by atoms with Crippen LogP contribution < -0.4 is 5.32 Å². The molecule has 0 aromatic carbocycles. The molecule has 0 amide bonds. The number of aliphatic carboxylic acids is 1. The molecule has 0 saturated heterocycles. The Bertz CT molecular complexity index is 405. The first-order valence-corrected chi connectivity index (χ1v) is 7.45. The van der Waals surface area contributed by atoms with Crippen molar-refractivity contribution in [3.05, 3.63) is 16.1 Å². The van der Waals surface area contributed by atoms with E-state index >= 15 is 0 Å². The van der Waals surface area contributed by atoms with Gasteiger partial charge in [0.1, 0.15) is 0 Å². The Hall–Kier alpha value is -0.940. The summed E-state index contributed by atoms with van der Waals surface area (Å²) < 4.78 is 0. The molecule has 1 aromatic heterocycles. The van der Waals surface area contributed by atoms with Gasteiger partial charge in [-0.15, -0.1) is 11.3 Å². The minimum atomic E-state index is -0.638. The highest BCUT2D eigenvalue weighted by atomic mass is 32.1. The minimum Gasteiger partial charge on any atom is -0.481 e. The second-order valence-electron chi connectivity index (χ2n) is 4.85. The molecule has 100 valence electrons. The number of thiazole rings is 1. The van der Waals surface area contributed by atoms with Crippen molar-refractivity contribution in [2.24, 2.45) is 11.8 Å². The maximum atomic E-state index is 11.0. The Balaban J connectivity index is 1.76. The zero-order valence-electron chi connectivity index (χ0n) is 10.7. The van der Waals surface area contributed by atoms with Crippen LogP contribution in [0.3, 0.4) is 0 Å². The van der Waals surface area contributed by atoms with Crippen LogP contribution in [0, 0.1) is 11.8 Å². The molecule has 1 aromatic rings. The number of nitrogens with one attached hydrogen (secondary N) is 1. The van der Waals surface area contributed by atoms with Crippen LogP contribution in [0.4, 0.5) is 0 Å². The van der Waals surface area contributed by atoms with E-state index in [-0.39, 0.29) is 11.8 Å². The Labute approximate surface area is 111 Å². The lowest BCUT2D eigenvalue weighted by atomic mass is 9.96. The zero-order chi connectivity index (χ0) is 13.0. The highest BCUT2D eigenvalue weighted by Gasteiger charge is 2.32. The second kappa shape index (κ2) is 6.29. The summed E-state index contributed by atoms with van der Waals surface area (Å²) >= 11 is 1.69. The number of aryl methyl sites for hydroxylation is 1. The van der Waals surface area contributed by atoms with Crippen molar-refractivity contribution in [3.63, 3.8) is 0 Å². The van der Waals surface area contributed by atoms with Crippen molar-refractivity contribution in [3.8, 4) is 0 Å². The van der Waals surface area contributed by atoms with Gasteiger partial charge in [0.2, 0.25) is 0 Å². The van der Waals surface area contributed by atoms with Crippen molar-refractivity contribution < 1.29 is 9.90 Å². The molecule has 0 aliphatic heterocycles. The molecular formula is C13H20N2O2S. The maximum Gasteiger partial charge on any atom is 0.306 e. The van der Waals surface area contributed by atoms with Gasteiger partial charge in [-0.1, -0.05) is 13.3 Å². The van der Waals surface area contributed by atoms with E-state index in [1.54, 1.807) is 11.3 Å². The lowest BCUT2D eigenvalue weighted by Gasteiger charge is -2.15. The van der Waals surface area contributed by atoms with Crippen LogP contribution in [-0.2, 0) is 17.8 Å². The molecule has 1 aliphatic rings. The molecule has 1 saturated carbocycles. The highest BCUT2D eigenvalue weighted by Crippen LogP contribution is 2.31. The van der Waals surface area contributed by atoms with E-state index in [1.807, 2.05) is 0 Å². The molecule has 2 N–H and O–H groups in total. The summed E-state index contributed by atoms with van der Waals surface area (Å²) in [6.07, 6.45) is 3.88. The summed E-state index contributed by atoms with van der Waals surface area (Å²) in [6, 6.07) is 0. The number of aromatic nitrogens is 1. The summed E-state index contributed by atoms with van der Waals surface area (Å²) in [5.41, 5.74) is 1.07. The number of hydrogen-bond acceptors (Lipinski definition) is 4. The predicted molar refractivity (Wildman–Crippen MR) is 71.7 cm³/mol. The number of carboxylic acid groups (broad SMARTS) is 1. The van der Waals surface area contributed by atoms with Crippen molar-refractivity contribution in [1.29, 1.82) is 0 Å². The molecule has 1 fully saturated rings. The fraction of sp³-hybridized carbons (Fsp3) is 0.692.